The number of hydrogen-bond acceptors (Lipinski definition) is 1. The Labute approximate surface area is 92.4 Å². The van der Waals surface area contributed by atoms with E-state index < -0.39 is 5.82 Å². The number of alkyl halides is 1. The molecular weight excluding hydrogens is 220 g/mol. The minimum absolute atomic E-state index is 0.236. The van der Waals surface area contributed by atoms with Gasteiger partial charge in [0.1, 0.15) is 11.6 Å². The summed E-state index contributed by atoms with van der Waals surface area (Å²) in [6.45, 7) is 0.359. The summed E-state index contributed by atoms with van der Waals surface area (Å²) in [6.07, 6.45) is 1.80. The van der Waals surface area contributed by atoms with Crippen molar-refractivity contribution in [3.8, 4) is 0 Å². The summed E-state index contributed by atoms with van der Waals surface area (Å²) in [6, 6.07) is 3.84. The molecule has 0 atom stereocenters. The van der Waals surface area contributed by atoms with E-state index in [1.165, 1.54) is 6.07 Å². The highest BCUT2D eigenvalue weighted by Gasteiger charge is 2.26. The van der Waals surface area contributed by atoms with Gasteiger partial charge < -0.3 is 5.32 Å². The van der Waals surface area contributed by atoms with Crippen LogP contribution in [-0.2, 0) is 6.54 Å². The molecule has 0 saturated heterocycles. The first-order valence-electron chi connectivity index (χ1n) is 4.96. The molecule has 1 aliphatic rings. The second-order valence-corrected chi connectivity index (χ2v) is 4.50. The average Bonchev–Trinajstić information content (AvgIpc) is 2.16. The molecule has 1 fully saturated rings. The molecule has 0 spiro atoms. The molecule has 0 amide bonds. The predicted molar refractivity (Wildman–Crippen MR) is 55.9 cm³/mol. The van der Waals surface area contributed by atoms with Gasteiger partial charge in [-0.15, -0.1) is 11.6 Å². The van der Waals surface area contributed by atoms with Gasteiger partial charge in [-0.3, -0.25) is 0 Å². The number of hydrogen-bond donors (Lipinski definition) is 1. The molecule has 0 bridgehead atoms. The standard InChI is InChI=1S/C11H12ClF2N/c12-8-4-10(5-8)15-6-7-3-9(13)1-2-11(7)14/h1-3,8,10,15H,4-6H2. The fourth-order valence-electron chi connectivity index (χ4n) is 1.65. The highest BCUT2D eigenvalue weighted by molar-refractivity contribution is 6.21. The summed E-state index contributed by atoms with van der Waals surface area (Å²) in [5, 5.41) is 3.38. The second kappa shape index (κ2) is 4.45. The molecule has 0 unspecified atom stereocenters. The molecule has 15 heavy (non-hydrogen) atoms. The van der Waals surface area contributed by atoms with Crippen LogP contribution >= 0.6 is 11.6 Å². The maximum absolute atomic E-state index is 13.2. The number of nitrogens with one attached hydrogen (secondary N) is 1. The SMILES string of the molecule is Fc1ccc(F)c(CNC2CC(Cl)C2)c1. The molecule has 1 aromatic rings. The Morgan fingerprint density at radius 2 is 2.07 bits per heavy atom. The molecule has 0 aliphatic heterocycles. The van der Waals surface area contributed by atoms with Gasteiger partial charge in [0.15, 0.2) is 0 Å². The third-order valence-electron chi connectivity index (χ3n) is 2.67. The van der Waals surface area contributed by atoms with Crippen molar-refractivity contribution in [3.05, 3.63) is 35.4 Å². The molecule has 1 nitrogen and oxygen atoms in total. The second-order valence-electron chi connectivity index (χ2n) is 3.88. The first-order valence-corrected chi connectivity index (χ1v) is 5.40. The minimum Gasteiger partial charge on any atom is -0.310 e. The zero-order chi connectivity index (χ0) is 10.8. The molecule has 0 aromatic heterocycles. The lowest BCUT2D eigenvalue weighted by Gasteiger charge is -2.31. The molecule has 1 aromatic carbocycles. The fourth-order valence-corrected chi connectivity index (χ4v) is 2.08. The largest absolute Gasteiger partial charge is 0.310 e. The molecule has 1 aliphatic carbocycles. The van der Waals surface area contributed by atoms with E-state index in [1.54, 1.807) is 0 Å². The summed E-state index contributed by atoms with van der Waals surface area (Å²) in [5.74, 6) is -0.775. The summed E-state index contributed by atoms with van der Waals surface area (Å²) in [4.78, 5) is 0. The van der Waals surface area contributed by atoms with Crippen LogP contribution in [0.2, 0.25) is 0 Å². The molecule has 82 valence electrons. The van der Waals surface area contributed by atoms with E-state index in [0.717, 1.165) is 25.0 Å². The van der Waals surface area contributed by atoms with Crippen molar-refractivity contribution in [2.75, 3.05) is 0 Å². The highest BCUT2D eigenvalue weighted by atomic mass is 35.5. The van der Waals surface area contributed by atoms with Gasteiger partial charge in [0, 0.05) is 23.5 Å². The Bertz CT molecular complexity index is 350. The van der Waals surface area contributed by atoms with Crippen LogP contribution in [-0.4, -0.2) is 11.4 Å². The van der Waals surface area contributed by atoms with Crippen LogP contribution in [0.1, 0.15) is 18.4 Å². The van der Waals surface area contributed by atoms with Crippen molar-refractivity contribution in [2.45, 2.75) is 30.8 Å². The number of rotatable bonds is 3. The van der Waals surface area contributed by atoms with Gasteiger partial charge >= 0.3 is 0 Å². The van der Waals surface area contributed by atoms with Gasteiger partial charge in [-0.05, 0) is 31.0 Å². The molecular formula is C11H12ClF2N. The van der Waals surface area contributed by atoms with Crippen LogP contribution in [0.5, 0.6) is 0 Å². The van der Waals surface area contributed by atoms with E-state index in [9.17, 15) is 8.78 Å². The van der Waals surface area contributed by atoms with Crippen molar-refractivity contribution in [1.82, 2.24) is 5.32 Å². The molecule has 1 N–H and O–H groups in total. The van der Waals surface area contributed by atoms with Crippen molar-refractivity contribution in [1.29, 1.82) is 0 Å². The molecule has 1 saturated carbocycles. The van der Waals surface area contributed by atoms with Crippen LogP contribution in [0.4, 0.5) is 8.78 Å². The Kier molecular flexibility index (Phi) is 3.22. The molecule has 2 rings (SSSR count). The molecule has 0 radical (unpaired) electrons. The Morgan fingerprint density at radius 1 is 1.33 bits per heavy atom. The van der Waals surface area contributed by atoms with Crippen LogP contribution < -0.4 is 5.32 Å². The van der Waals surface area contributed by atoms with E-state index in [1.807, 2.05) is 0 Å². The monoisotopic (exact) mass is 231 g/mol. The van der Waals surface area contributed by atoms with Gasteiger partial charge in [0.25, 0.3) is 0 Å². The zero-order valence-corrected chi connectivity index (χ0v) is 8.90. The Hall–Kier alpha value is -0.670. The lowest BCUT2D eigenvalue weighted by molar-refractivity contribution is 0.343. The lowest BCUT2D eigenvalue weighted by atomic mass is 9.92. The Balaban J connectivity index is 1.90. The maximum Gasteiger partial charge on any atom is 0.127 e. The first kappa shape index (κ1) is 10.8. The minimum atomic E-state index is -0.406. The van der Waals surface area contributed by atoms with Crippen LogP contribution in [0.3, 0.4) is 0 Å². The molecule has 0 heterocycles. The third-order valence-corrected chi connectivity index (χ3v) is 3.03. The lowest BCUT2D eigenvalue weighted by Crippen LogP contribution is -2.41. The van der Waals surface area contributed by atoms with Gasteiger partial charge in [-0.1, -0.05) is 0 Å². The smallest absolute Gasteiger partial charge is 0.127 e. The highest BCUT2D eigenvalue weighted by Crippen LogP contribution is 2.25. The summed E-state index contributed by atoms with van der Waals surface area (Å²) in [7, 11) is 0. The normalized spacial score (nSPS) is 25.0. The van der Waals surface area contributed by atoms with Crippen LogP contribution in [0.25, 0.3) is 0 Å². The number of benzene rings is 1. The van der Waals surface area contributed by atoms with E-state index in [0.29, 0.717) is 18.2 Å². The number of halogens is 3. The maximum atomic E-state index is 13.2. The van der Waals surface area contributed by atoms with Crippen molar-refractivity contribution in [3.63, 3.8) is 0 Å². The average molecular weight is 232 g/mol. The van der Waals surface area contributed by atoms with Gasteiger partial charge in [-0.25, -0.2) is 8.78 Å². The Morgan fingerprint density at radius 3 is 2.73 bits per heavy atom. The van der Waals surface area contributed by atoms with Crippen LogP contribution in [0.15, 0.2) is 18.2 Å². The summed E-state index contributed by atoms with van der Waals surface area (Å²) >= 11 is 5.81. The topological polar surface area (TPSA) is 12.0 Å². The zero-order valence-electron chi connectivity index (χ0n) is 8.14. The summed E-state index contributed by atoms with van der Waals surface area (Å²) < 4.78 is 26.0. The van der Waals surface area contributed by atoms with Crippen molar-refractivity contribution in [2.24, 2.45) is 0 Å². The summed E-state index contributed by atoms with van der Waals surface area (Å²) in [5.41, 5.74) is 0.369. The van der Waals surface area contributed by atoms with E-state index in [2.05, 4.69) is 5.32 Å². The van der Waals surface area contributed by atoms with E-state index >= 15 is 0 Å². The molecule has 4 heteroatoms. The fraction of sp³-hybridized carbons (Fsp3) is 0.455. The van der Waals surface area contributed by atoms with Gasteiger partial charge in [0.05, 0.1) is 0 Å². The van der Waals surface area contributed by atoms with Crippen LogP contribution in [0, 0.1) is 11.6 Å². The third kappa shape index (κ3) is 2.67. The van der Waals surface area contributed by atoms with Gasteiger partial charge in [-0.2, -0.15) is 0 Å². The predicted octanol–water partition coefficient (Wildman–Crippen LogP) is 2.82. The van der Waals surface area contributed by atoms with Crippen molar-refractivity contribution < 1.29 is 8.78 Å². The van der Waals surface area contributed by atoms with Crippen molar-refractivity contribution >= 4 is 11.6 Å². The quantitative estimate of drug-likeness (QED) is 0.789. The van der Waals surface area contributed by atoms with Gasteiger partial charge in [0.2, 0.25) is 0 Å². The van der Waals surface area contributed by atoms with E-state index in [-0.39, 0.29) is 11.2 Å². The first-order chi connectivity index (χ1) is 7.15. The van der Waals surface area contributed by atoms with E-state index in [4.69, 9.17) is 11.6 Å².